The molecule has 2 aromatic heterocycles. The highest BCUT2D eigenvalue weighted by molar-refractivity contribution is 7.09. The van der Waals surface area contributed by atoms with Crippen LogP contribution in [-0.4, -0.2) is 27.6 Å². The number of thiazole rings is 1. The third-order valence-corrected chi connectivity index (χ3v) is 4.57. The van der Waals surface area contributed by atoms with Gasteiger partial charge in [0.1, 0.15) is 5.69 Å². The summed E-state index contributed by atoms with van der Waals surface area (Å²) in [7, 11) is 0. The molecule has 0 saturated carbocycles. The third-order valence-electron chi connectivity index (χ3n) is 3.66. The van der Waals surface area contributed by atoms with Crippen molar-refractivity contribution < 1.29 is 9.32 Å². The van der Waals surface area contributed by atoms with Gasteiger partial charge >= 0.3 is 0 Å². The van der Waals surface area contributed by atoms with E-state index in [1.54, 1.807) is 5.38 Å². The predicted octanol–water partition coefficient (Wildman–Crippen LogP) is 3.24. The highest BCUT2D eigenvalue weighted by Crippen LogP contribution is 2.25. The first-order valence-electron chi connectivity index (χ1n) is 8.00. The number of nitrogens with one attached hydrogen (secondary N) is 1. The van der Waals surface area contributed by atoms with Crippen LogP contribution < -0.4 is 11.1 Å². The van der Waals surface area contributed by atoms with Gasteiger partial charge in [0.2, 0.25) is 0 Å². The van der Waals surface area contributed by atoms with E-state index in [2.05, 4.69) is 20.4 Å². The second-order valence-corrected chi connectivity index (χ2v) is 6.46. The Morgan fingerprint density at radius 1 is 1.35 bits per heavy atom. The first-order valence-corrected chi connectivity index (χ1v) is 8.88. The lowest BCUT2D eigenvalue weighted by atomic mass is 10.1. The first-order chi connectivity index (χ1) is 12.1. The van der Waals surface area contributed by atoms with Crippen molar-refractivity contribution in [1.29, 1.82) is 0 Å². The number of aromatic nitrogens is 3. The van der Waals surface area contributed by atoms with Crippen LogP contribution in [0.15, 0.2) is 28.1 Å². The molecular formula is C17H20ClN5O2S. The van der Waals surface area contributed by atoms with Crippen LogP contribution in [0.2, 0.25) is 0 Å². The van der Waals surface area contributed by atoms with E-state index < -0.39 is 0 Å². The lowest BCUT2D eigenvalue weighted by molar-refractivity contribution is 0.102. The average Bonchev–Trinajstić information content (AvgIpc) is 3.26. The van der Waals surface area contributed by atoms with Crippen molar-refractivity contribution in [2.75, 3.05) is 11.9 Å². The van der Waals surface area contributed by atoms with E-state index in [0.717, 1.165) is 16.1 Å². The van der Waals surface area contributed by atoms with Crippen LogP contribution in [0.4, 0.5) is 5.69 Å². The molecule has 7 nitrogen and oxygen atoms in total. The second-order valence-electron chi connectivity index (χ2n) is 5.52. The Morgan fingerprint density at radius 3 is 2.85 bits per heavy atom. The van der Waals surface area contributed by atoms with Gasteiger partial charge in [0, 0.05) is 29.5 Å². The summed E-state index contributed by atoms with van der Waals surface area (Å²) in [5.74, 6) is 0.835. The van der Waals surface area contributed by atoms with Crippen LogP contribution in [0.25, 0.3) is 11.5 Å². The van der Waals surface area contributed by atoms with Crippen LogP contribution in [0, 0.1) is 6.92 Å². The number of amides is 1. The lowest BCUT2D eigenvalue weighted by Crippen LogP contribution is -2.13. The number of nitrogens with two attached hydrogens (primary N) is 1. The number of carbonyl (C=O) groups is 1. The molecule has 3 aromatic rings. The minimum absolute atomic E-state index is 0. The summed E-state index contributed by atoms with van der Waals surface area (Å²) in [4.78, 5) is 21.1. The van der Waals surface area contributed by atoms with Crippen LogP contribution in [-0.2, 0) is 12.8 Å². The van der Waals surface area contributed by atoms with Crippen LogP contribution >= 0.6 is 23.7 Å². The lowest BCUT2D eigenvalue weighted by Gasteiger charge is -2.08. The average molecular weight is 394 g/mol. The Hall–Kier alpha value is -2.29. The van der Waals surface area contributed by atoms with E-state index in [4.69, 9.17) is 10.3 Å². The van der Waals surface area contributed by atoms with Crippen molar-refractivity contribution in [3.8, 4) is 11.5 Å². The van der Waals surface area contributed by atoms with Gasteiger partial charge in [-0.05, 0) is 31.2 Å². The van der Waals surface area contributed by atoms with Crippen molar-refractivity contribution >= 4 is 35.3 Å². The fourth-order valence-corrected chi connectivity index (χ4v) is 3.04. The molecule has 2 heterocycles. The van der Waals surface area contributed by atoms with E-state index in [-0.39, 0.29) is 18.3 Å². The molecule has 0 spiro atoms. The number of halogens is 1. The summed E-state index contributed by atoms with van der Waals surface area (Å²) in [6.07, 6.45) is 1.37. The Bertz CT molecular complexity index is 893. The minimum Gasteiger partial charge on any atom is -0.334 e. The molecule has 1 amide bonds. The molecule has 0 fully saturated rings. The van der Waals surface area contributed by atoms with Gasteiger partial charge in [-0.25, -0.2) is 4.98 Å². The molecule has 0 saturated heterocycles. The predicted molar refractivity (Wildman–Crippen MR) is 104 cm³/mol. The van der Waals surface area contributed by atoms with Crippen LogP contribution in [0.5, 0.6) is 0 Å². The highest BCUT2D eigenvalue weighted by atomic mass is 35.5. The van der Waals surface area contributed by atoms with Crippen molar-refractivity contribution in [1.82, 2.24) is 15.1 Å². The molecule has 1 aromatic carbocycles. The van der Waals surface area contributed by atoms with E-state index in [0.29, 0.717) is 42.5 Å². The zero-order valence-corrected chi connectivity index (χ0v) is 16.1. The molecule has 0 aliphatic carbocycles. The van der Waals surface area contributed by atoms with Gasteiger partial charge < -0.3 is 15.6 Å². The Morgan fingerprint density at radius 2 is 2.15 bits per heavy atom. The smallest absolute Gasteiger partial charge is 0.275 e. The van der Waals surface area contributed by atoms with Gasteiger partial charge in [-0.1, -0.05) is 18.1 Å². The SMILES string of the molecule is CCc1noc(-c2ccc(C)c(NC(=O)c3csc(CCN)n3)c2)n1.Cl. The minimum atomic E-state index is -0.250. The maximum absolute atomic E-state index is 12.4. The van der Waals surface area contributed by atoms with E-state index in [9.17, 15) is 4.79 Å². The summed E-state index contributed by atoms with van der Waals surface area (Å²) < 4.78 is 5.26. The second kappa shape index (κ2) is 8.88. The number of benzene rings is 1. The van der Waals surface area contributed by atoms with Crippen molar-refractivity contribution in [3.05, 3.63) is 45.7 Å². The maximum Gasteiger partial charge on any atom is 0.275 e. The van der Waals surface area contributed by atoms with Gasteiger partial charge in [-0.2, -0.15) is 4.98 Å². The van der Waals surface area contributed by atoms with Crippen molar-refractivity contribution in [2.45, 2.75) is 26.7 Å². The number of hydrogen-bond donors (Lipinski definition) is 2. The molecule has 3 N–H and O–H groups in total. The number of carbonyl (C=O) groups excluding carboxylic acids is 1. The topological polar surface area (TPSA) is 107 Å². The van der Waals surface area contributed by atoms with E-state index in [1.165, 1.54) is 11.3 Å². The Labute approximate surface area is 161 Å². The zero-order chi connectivity index (χ0) is 17.8. The van der Waals surface area contributed by atoms with Gasteiger partial charge in [0.25, 0.3) is 11.8 Å². The number of aryl methyl sites for hydroxylation is 2. The Kier molecular flexibility index (Phi) is 6.84. The molecule has 3 rings (SSSR count). The van der Waals surface area contributed by atoms with E-state index >= 15 is 0 Å². The van der Waals surface area contributed by atoms with Gasteiger partial charge in [-0.15, -0.1) is 23.7 Å². The van der Waals surface area contributed by atoms with Gasteiger partial charge in [0.05, 0.1) is 5.01 Å². The van der Waals surface area contributed by atoms with E-state index in [1.807, 2.05) is 32.0 Å². The number of hydrogen-bond acceptors (Lipinski definition) is 7. The van der Waals surface area contributed by atoms with Gasteiger partial charge in [-0.3, -0.25) is 4.79 Å². The standard InChI is InChI=1S/C17H19N5O2S.ClH/c1-3-14-21-17(24-22-14)11-5-4-10(2)12(8-11)20-16(23)13-9-25-15(19-13)6-7-18;/h4-5,8-9H,3,6-7,18H2,1-2H3,(H,20,23);1H. The van der Waals surface area contributed by atoms with Crippen LogP contribution in [0.1, 0.15) is 33.8 Å². The molecule has 138 valence electrons. The fraction of sp³-hybridized carbons (Fsp3) is 0.294. The monoisotopic (exact) mass is 393 g/mol. The zero-order valence-electron chi connectivity index (χ0n) is 14.5. The molecule has 0 atom stereocenters. The summed E-state index contributed by atoms with van der Waals surface area (Å²) in [6, 6.07) is 5.62. The Balaban J connectivity index is 0.00000243. The number of anilines is 1. The molecule has 0 radical (unpaired) electrons. The van der Waals surface area contributed by atoms with Gasteiger partial charge in [0.15, 0.2) is 5.82 Å². The molecule has 0 bridgehead atoms. The summed E-state index contributed by atoms with van der Waals surface area (Å²) in [6.45, 7) is 4.40. The molecular weight excluding hydrogens is 374 g/mol. The number of nitrogens with zero attached hydrogens (tertiary/aromatic N) is 3. The molecule has 0 aliphatic rings. The summed E-state index contributed by atoms with van der Waals surface area (Å²) >= 11 is 1.44. The molecule has 26 heavy (non-hydrogen) atoms. The number of rotatable bonds is 6. The third kappa shape index (κ3) is 4.46. The normalized spacial score (nSPS) is 10.4. The highest BCUT2D eigenvalue weighted by Gasteiger charge is 2.14. The molecule has 0 unspecified atom stereocenters. The van der Waals surface area contributed by atoms with Crippen molar-refractivity contribution in [3.63, 3.8) is 0 Å². The maximum atomic E-state index is 12.4. The summed E-state index contributed by atoms with van der Waals surface area (Å²) in [5, 5.41) is 9.40. The summed E-state index contributed by atoms with van der Waals surface area (Å²) in [5.41, 5.74) is 8.29. The molecule has 9 heteroatoms. The quantitative estimate of drug-likeness (QED) is 0.665. The van der Waals surface area contributed by atoms with Crippen LogP contribution in [0.3, 0.4) is 0 Å². The fourth-order valence-electron chi connectivity index (χ4n) is 2.24. The largest absolute Gasteiger partial charge is 0.334 e. The molecule has 0 aliphatic heterocycles. The van der Waals surface area contributed by atoms with Crippen molar-refractivity contribution in [2.24, 2.45) is 5.73 Å². The first kappa shape index (κ1) is 20.0.